The lowest BCUT2D eigenvalue weighted by atomic mass is 10.0. The van der Waals surface area contributed by atoms with E-state index in [1.807, 2.05) is 6.07 Å². The highest BCUT2D eigenvalue weighted by atomic mass is 15.3. The monoisotopic (exact) mass is 449 g/mol. The van der Waals surface area contributed by atoms with Gasteiger partial charge in [-0.25, -0.2) is 4.99 Å². The predicted molar refractivity (Wildman–Crippen MR) is 147 cm³/mol. The maximum atomic E-state index is 5.24. The van der Waals surface area contributed by atoms with Gasteiger partial charge >= 0.3 is 0 Å². The molecule has 0 saturated carbocycles. The van der Waals surface area contributed by atoms with Crippen molar-refractivity contribution in [3.8, 4) is 0 Å². The minimum Gasteiger partial charge on any atom is -0.346 e. The molecule has 1 aliphatic heterocycles. The largest absolute Gasteiger partial charge is 0.346 e. The third-order valence-corrected chi connectivity index (χ3v) is 6.80. The van der Waals surface area contributed by atoms with Gasteiger partial charge in [-0.05, 0) is 46.2 Å². The SMILES string of the molecule is C1=C(c2ccccc2)NC(n2c3ccccc3c3cc4ccccc4cc32)N=C1c1ccccc1. The number of nitrogens with one attached hydrogen (secondary N) is 1. The quantitative estimate of drug-likeness (QED) is 0.297. The molecule has 35 heavy (non-hydrogen) atoms. The molecule has 0 fully saturated rings. The number of rotatable bonds is 3. The molecule has 166 valence electrons. The van der Waals surface area contributed by atoms with E-state index in [1.165, 1.54) is 32.6 Å². The molecule has 0 radical (unpaired) electrons. The third kappa shape index (κ3) is 3.32. The summed E-state index contributed by atoms with van der Waals surface area (Å²) in [6, 6.07) is 42.7. The van der Waals surface area contributed by atoms with Gasteiger partial charge in [0.25, 0.3) is 0 Å². The van der Waals surface area contributed by atoms with Crippen LogP contribution in [-0.2, 0) is 0 Å². The second kappa shape index (κ2) is 8.00. The Bertz CT molecular complexity index is 1760. The van der Waals surface area contributed by atoms with Gasteiger partial charge in [-0.2, -0.15) is 0 Å². The van der Waals surface area contributed by atoms with E-state index in [-0.39, 0.29) is 6.29 Å². The lowest BCUT2D eigenvalue weighted by Gasteiger charge is -2.27. The third-order valence-electron chi connectivity index (χ3n) is 6.80. The average Bonchev–Trinajstić information content (AvgIpc) is 3.26. The molecule has 7 rings (SSSR count). The van der Waals surface area contributed by atoms with Gasteiger partial charge in [-0.3, -0.25) is 0 Å². The van der Waals surface area contributed by atoms with Crippen molar-refractivity contribution in [1.29, 1.82) is 0 Å². The molecule has 1 atom stereocenters. The summed E-state index contributed by atoms with van der Waals surface area (Å²) >= 11 is 0. The van der Waals surface area contributed by atoms with Gasteiger partial charge in [0.15, 0.2) is 0 Å². The van der Waals surface area contributed by atoms with Crippen molar-refractivity contribution in [2.45, 2.75) is 6.29 Å². The van der Waals surface area contributed by atoms with Crippen molar-refractivity contribution in [3.63, 3.8) is 0 Å². The molecule has 2 heterocycles. The fourth-order valence-electron chi connectivity index (χ4n) is 5.14. The molecule has 0 amide bonds. The highest BCUT2D eigenvalue weighted by Crippen LogP contribution is 2.36. The Morgan fingerprint density at radius 1 is 0.571 bits per heavy atom. The second-order valence-electron chi connectivity index (χ2n) is 8.93. The van der Waals surface area contributed by atoms with E-state index in [4.69, 9.17) is 4.99 Å². The van der Waals surface area contributed by atoms with Gasteiger partial charge in [0.05, 0.1) is 16.7 Å². The van der Waals surface area contributed by atoms with Crippen molar-refractivity contribution < 1.29 is 0 Å². The minimum absolute atomic E-state index is 0.283. The number of benzene rings is 5. The Balaban J connectivity index is 1.50. The van der Waals surface area contributed by atoms with Crippen molar-refractivity contribution in [2.75, 3.05) is 0 Å². The summed E-state index contributed by atoms with van der Waals surface area (Å²) in [7, 11) is 0. The van der Waals surface area contributed by atoms with E-state index in [0.29, 0.717) is 0 Å². The summed E-state index contributed by atoms with van der Waals surface area (Å²) in [6.45, 7) is 0. The molecule has 0 saturated heterocycles. The molecular weight excluding hydrogens is 426 g/mol. The lowest BCUT2D eigenvalue weighted by Crippen LogP contribution is -2.29. The van der Waals surface area contributed by atoms with E-state index in [0.717, 1.165) is 22.5 Å². The van der Waals surface area contributed by atoms with Gasteiger partial charge in [-0.15, -0.1) is 0 Å². The van der Waals surface area contributed by atoms with Gasteiger partial charge < -0.3 is 9.88 Å². The minimum atomic E-state index is -0.283. The summed E-state index contributed by atoms with van der Waals surface area (Å²) in [5.74, 6) is 0. The number of fused-ring (bicyclic) bond motifs is 4. The molecule has 1 aromatic heterocycles. The molecule has 5 aromatic carbocycles. The fraction of sp³-hybridized carbons (Fsp3) is 0.0312. The first-order valence-electron chi connectivity index (χ1n) is 11.9. The molecule has 0 aliphatic carbocycles. The van der Waals surface area contributed by atoms with Crippen LogP contribution in [0.15, 0.2) is 132 Å². The van der Waals surface area contributed by atoms with Crippen molar-refractivity contribution >= 4 is 44.0 Å². The number of para-hydroxylation sites is 1. The zero-order valence-corrected chi connectivity index (χ0v) is 19.1. The highest BCUT2D eigenvalue weighted by Gasteiger charge is 2.23. The van der Waals surface area contributed by atoms with Crippen LogP contribution in [0.3, 0.4) is 0 Å². The van der Waals surface area contributed by atoms with Gasteiger partial charge in [0.1, 0.15) is 0 Å². The van der Waals surface area contributed by atoms with Crippen LogP contribution in [0, 0.1) is 0 Å². The van der Waals surface area contributed by atoms with Gasteiger partial charge in [0.2, 0.25) is 6.29 Å². The molecule has 1 aliphatic rings. The summed E-state index contributed by atoms with van der Waals surface area (Å²) < 4.78 is 2.34. The first-order valence-corrected chi connectivity index (χ1v) is 11.9. The zero-order chi connectivity index (χ0) is 23.2. The van der Waals surface area contributed by atoms with Crippen LogP contribution in [-0.4, -0.2) is 10.3 Å². The Hall–Kier alpha value is -4.63. The second-order valence-corrected chi connectivity index (χ2v) is 8.93. The van der Waals surface area contributed by atoms with Crippen LogP contribution < -0.4 is 5.32 Å². The lowest BCUT2D eigenvalue weighted by molar-refractivity contribution is 0.508. The summed E-state index contributed by atoms with van der Waals surface area (Å²) in [5, 5.41) is 8.70. The first kappa shape index (κ1) is 19.8. The Morgan fingerprint density at radius 2 is 1.20 bits per heavy atom. The Labute approximate surface area is 203 Å². The highest BCUT2D eigenvalue weighted by molar-refractivity contribution is 6.14. The van der Waals surface area contributed by atoms with Crippen molar-refractivity contribution in [2.24, 2.45) is 4.99 Å². The zero-order valence-electron chi connectivity index (χ0n) is 19.1. The normalized spacial score (nSPS) is 15.7. The summed E-state index contributed by atoms with van der Waals surface area (Å²) in [6.07, 6.45) is 1.87. The number of hydrogen-bond donors (Lipinski definition) is 1. The van der Waals surface area contributed by atoms with E-state index in [1.54, 1.807) is 0 Å². The van der Waals surface area contributed by atoms with E-state index in [2.05, 4.69) is 131 Å². The smallest absolute Gasteiger partial charge is 0.201 e. The molecule has 3 heteroatoms. The standard InChI is InChI=1S/C32H23N3/c1-3-11-22(12-4-1)28-21-29(23-13-5-2-6-14-23)34-32(33-28)35-30-18-10-9-17-26(30)27-19-24-15-7-8-16-25(24)20-31(27)35/h1-21,32-33H. The van der Waals surface area contributed by atoms with Crippen LogP contribution in [0.25, 0.3) is 38.3 Å². The van der Waals surface area contributed by atoms with E-state index >= 15 is 0 Å². The van der Waals surface area contributed by atoms with Gasteiger partial charge in [0, 0.05) is 16.5 Å². The van der Waals surface area contributed by atoms with Crippen LogP contribution in [0.4, 0.5) is 0 Å². The number of nitrogens with zero attached hydrogens (tertiary/aromatic N) is 2. The number of aliphatic imine (C=N–C) groups is 1. The molecule has 3 nitrogen and oxygen atoms in total. The first-order chi connectivity index (χ1) is 17.3. The molecule has 0 bridgehead atoms. The number of hydrogen-bond acceptors (Lipinski definition) is 2. The van der Waals surface area contributed by atoms with Crippen molar-refractivity contribution in [3.05, 3.63) is 139 Å². The van der Waals surface area contributed by atoms with Crippen LogP contribution in [0.5, 0.6) is 0 Å². The summed E-state index contributed by atoms with van der Waals surface area (Å²) in [5.41, 5.74) is 6.63. The van der Waals surface area contributed by atoms with Crippen LogP contribution in [0.2, 0.25) is 0 Å². The predicted octanol–water partition coefficient (Wildman–Crippen LogP) is 7.54. The maximum absolute atomic E-state index is 5.24. The van der Waals surface area contributed by atoms with E-state index < -0.39 is 0 Å². The Kier molecular flexibility index (Phi) is 4.52. The molecule has 0 spiro atoms. The average molecular weight is 450 g/mol. The summed E-state index contributed by atoms with van der Waals surface area (Å²) in [4.78, 5) is 5.24. The number of aromatic nitrogens is 1. The fourth-order valence-corrected chi connectivity index (χ4v) is 5.14. The molecule has 1 unspecified atom stereocenters. The Morgan fingerprint density at radius 3 is 1.97 bits per heavy atom. The topological polar surface area (TPSA) is 29.3 Å². The molecular formula is C32H23N3. The molecule has 6 aromatic rings. The van der Waals surface area contributed by atoms with Crippen molar-refractivity contribution in [1.82, 2.24) is 9.88 Å². The van der Waals surface area contributed by atoms with Crippen LogP contribution in [0.1, 0.15) is 17.4 Å². The molecule has 1 N–H and O–H groups in total. The van der Waals surface area contributed by atoms with Gasteiger partial charge in [-0.1, -0.05) is 103 Å². The number of allylic oxidation sites excluding steroid dienone is 1. The van der Waals surface area contributed by atoms with E-state index in [9.17, 15) is 0 Å². The maximum Gasteiger partial charge on any atom is 0.201 e. The van der Waals surface area contributed by atoms with Crippen LogP contribution >= 0.6 is 0 Å².